The molecule has 2 saturated carbocycles. The number of nitrogens with zero attached hydrogens (tertiary/aromatic N) is 2. The van der Waals surface area contributed by atoms with E-state index < -0.39 is 0 Å². The molecule has 2 fully saturated rings. The number of rotatable bonds is 5. The maximum absolute atomic E-state index is 13.8. The largest absolute Gasteiger partial charge is 0.299 e. The van der Waals surface area contributed by atoms with Crippen molar-refractivity contribution in [3.05, 3.63) is 77.2 Å². The predicted molar refractivity (Wildman–Crippen MR) is 118 cm³/mol. The molecule has 2 aromatic carbocycles. The van der Waals surface area contributed by atoms with Gasteiger partial charge in [0.15, 0.2) is 0 Å². The summed E-state index contributed by atoms with van der Waals surface area (Å²) in [7, 11) is 0. The molecule has 3 aromatic rings. The molecule has 1 aromatic heterocycles. The molecule has 0 amide bonds. The number of hydrogen-bond donors (Lipinski definition) is 0. The molecule has 1 heterocycles. The standard InChI is InChI=1S/C27H25FN2O/c28-23-5-6-27-26(15-23)25(7-8-30-27)22-13-20-9-19(10-21(20)14-22)12-24(31)11-17-1-3-18(16-29)4-2-17/h1-8,15,19-22H,9-14H2/t19?,20-,21+,22?. The maximum atomic E-state index is 13.8. The van der Waals surface area contributed by atoms with Crippen LogP contribution >= 0.6 is 0 Å². The van der Waals surface area contributed by atoms with Crippen LogP contribution in [-0.2, 0) is 11.2 Å². The van der Waals surface area contributed by atoms with Gasteiger partial charge in [-0.2, -0.15) is 5.26 Å². The van der Waals surface area contributed by atoms with Crippen LogP contribution in [0.1, 0.15) is 54.7 Å². The Morgan fingerprint density at radius 2 is 1.77 bits per heavy atom. The Morgan fingerprint density at radius 3 is 2.48 bits per heavy atom. The highest BCUT2D eigenvalue weighted by atomic mass is 19.1. The Kier molecular flexibility index (Phi) is 5.28. The number of benzene rings is 2. The lowest BCUT2D eigenvalue weighted by Gasteiger charge is -2.16. The fourth-order valence-electron chi connectivity index (χ4n) is 5.98. The molecule has 0 spiro atoms. The molecule has 0 saturated heterocycles. The van der Waals surface area contributed by atoms with Gasteiger partial charge >= 0.3 is 0 Å². The van der Waals surface area contributed by atoms with E-state index in [4.69, 9.17) is 5.26 Å². The smallest absolute Gasteiger partial charge is 0.137 e. The average Bonchev–Trinajstić information content (AvgIpc) is 3.32. The average molecular weight is 413 g/mol. The molecule has 2 aliphatic carbocycles. The SMILES string of the molecule is N#Cc1ccc(CC(=O)CC2C[C@@H]3CC(c4ccnc5ccc(F)cc45)C[C@@H]3C2)cc1. The van der Waals surface area contributed by atoms with Crippen molar-refractivity contribution in [3.63, 3.8) is 0 Å². The van der Waals surface area contributed by atoms with E-state index in [-0.39, 0.29) is 5.82 Å². The summed E-state index contributed by atoms with van der Waals surface area (Å²) in [4.78, 5) is 17.0. The summed E-state index contributed by atoms with van der Waals surface area (Å²) in [6.07, 6.45) is 7.45. The molecule has 156 valence electrons. The molecule has 0 bridgehead atoms. The summed E-state index contributed by atoms with van der Waals surface area (Å²) >= 11 is 0. The Hall–Kier alpha value is -3.06. The van der Waals surface area contributed by atoms with E-state index in [0.717, 1.165) is 42.1 Å². The second kappa shape index (κ2) is 8.23. The first-order chi connectivity index (χ1) is 15.1. The number of fused-ring (bicyclic) bond motifs is 2. The predicted octanol–water partition coefficient (Wildman–Crippen LogP) is 5.97. The Bertz CT molecular complexity index is 1150. The summed E-state index contributed by atoms with van der Waals surface area (Å²) in [6.45, 7) is 0. The minimum atomic E-state index is -0.208. The lowest BCUT2D eigenvalue weighted by molar-refractivity contribution is -0.119. The molecular formula is C27H25FN2O. The van der Waals surface area contributed by atoms with Crippen LogP contribution in [0.3, 0.4) is 0 Å². The van der Waals surface area contributed by atoms with Crippen LogP contribution in [0.25, 0.3) is 10.9 Å². The van der Waals surface area contributed by atoms with Crippen LogP contribution in [0, 0.1) is 34.9 Å². The number of Topliss-reactive ketones (excluding diaryl/α,β-unsaturated/α-hetero) is 1. The highest BCUT2D eigenvalue weighted by Crippen LogP contribution is 2.53. The first-order valence-corrected chi connectivity index (χ1v) is 11.1. The number of halogens is 1. The Balaban J connectivity index is 1.20. The second-order valence-electron chi connectivity index (χ2n) is 9.32. The van der Waals surface area contributed by atoms with Crippen molar-refractivity contribution in [3.8, 4) is 6.07 Å². The van der Waals surface area contributed by atoms with E-state index in [1.165, 1.54) is 11.6 Å². The van der Waals surface area contributed by atoms with Crippen molar-refractivity contribution >= 4 is 16.7 Å². The molecule has 5 rings (SSSR count). The summed E-state index contributed by atoms with van der Waals surface area (Å²) in [6, 6.07) is 16.3. The number of ketones is 1. The molecule has 3 nitrogen and oxygen atoms in total. The van der Waals surface area contributed by atoms with Crippen molar-refractivity contribution in [2.75, 3.05) is 0 Å². The highest BCUT2D eigenvalue weighted by molar-refractivity contribution is 5.83. The molecular weight excluding hydrogens is 387 g/mol. The maximum Gasteiger partial charge on any atom is 0.137 e. The molecule has 31 heavy (non-hydrogen) atoms. The van der Waals surface area contributed by atoms with Crippen LogP contribution in [0.15, 0.2) is 54.7 Å². The van der Waals surface area contributed by atoms with Crippen LogP contribution in [0.4, 0.5) is 4.39 Å². The number of carbonyl (C=O) groups is 1. The summed E-state index contributed by atoms with van der Waals surface area (Å²) in [5.41, 5.74) is 3.70. The summed E-state index contributed by atoms with van der Waals surface area (Å²) in [5, 5.41) is 9.84. The van der Waals surface area contributed by atoms with Gasteiger partial charge in [0.2, 0.25) is 0 Å². The van der Waals surface area contributed by atoms with Gasteiger partial charge in [-0.3, -0.25) is 9.78 Å². The number of nitriles is 1. The Morgan fingerprint density at radius 1 is 1.03 bits per heavy atom. The van der Waals surface area contributed by atoms with Gasteiger partial charge in [-0.05, 0) is 96.9 Å². The zero-order valence-corrected chi connectivity index (χ0v) is 17.4. The highest BCUT2D eigenvalue weighted by Gasteiger charge is 2.42. The van der Waals surface area contributed by atoms with Gasteiger partial charge < -0.3 is 0 Å². The van der Waals surface area contributed by atoms with Crippen molar-refractivity contribution in [2.24, 2.45) is 17.8 Å². The number of aromatic nitrogens is 1. The van der Waals surface area contributed by atoms with Gasteiger partial charge in [0.05, 0.1) is 17.1 Å². The van der Waals surface area contributed by atoms with E-state index in [2.05, 4.69) is 17.1 Å². The minimum Gasteiger partial charge on any atom is -0.299 e. The molecule has 0 N–H and O–H groups in total. The molecule has 2 aliphatic rings. The van der Waals surface area contributed by atoms with Crippen molar-refractivity contribution in [1.82, 2.24) is 4.98 Å². The van der Waals surface area contributed by atoms with Gasteiger partial charge in [0.1, 0.15) is 11.6 Å². The van der Waals surface area contributed by atoms with Gasteiger partial charge in [-0.1, -0.05) is 12.1 Å². The summed E-state index contributed by atoms with van der Waals surface area (Å²) in [5.74, 6) is 2.35. The van der Waals surface area contributed by atoms with E-state index in [1.807, 2.05) is 18.3 Å². The quantitative estimate of drug-likeness (QED) is 0.519. The Labute approximate surface area is 181 Å². The lowest BCUT2D eigenvalue weighted by atomic mass is 9.88. The number of pyridine rings is 1. The third kappa shape index (κ3) is 4.10. The van der Waals surface area contributed by atoms with E-state index >= 15 is 0 Å². The fraction of sp³-hybridized carbons (Fsp3) is 0.370. The first kappa shape index (κ1) is 19.9. The summed E-state index contributed by atoms with van der Waals surface area (Å²) < 4.78 is 13.8. The van der Waals surface area contributed by atoms with Crippen molar-refractivity contribution in [1.29, 1.82) is 5.26 Å². The second-order valence-corrected chi connectivity index (χ2v) is 9.32. The van der Waals surface area contributed by atoms with Gasteiger partial charge in [-0.15, -0.1) is 0 Å². The van der Waals surface area contributed by atoms with E-state index in [1.54, 1.807) is 24.3 Å². The first-order valence-electron chi connectivity index (χ1n) is 11.1. The van der Waals surface area contributed by atoms with Crippen LogP contribution in [0.2, 0.25) is 0 Å². The van der Waals surface area contributed by atoms with Gasteiger partial charge in [0, 0.05) is 24.4 Å². The monoisotopic (exact) mass is 412 g/mol. The normalized spacial score (nSPS) is 24.8. The third-order valence-corrected chi connectivity index (χ3v) is 7.29. The van der Waals surface area contributed by atoms with Gasteiger partial charge in [0.25, 0.3) is 0 Å². The van der Waals surface area contributed by atoms with Gasteiger partial charge in [-0.25, -0.2) is 4.39 Å². The van der Waals surface area contributed by atoms with E-state index in [9.17, 15) is 9.18 Å². The molecule has 0 aliphatic heterocycles. The third-order valence-electron chi connectivity index (χ3n) is 7.29. The molecule has 4 heteroatoms. The van der Waals surface area contributed by atoms with Crippen LogP contribution < -0.4 is 0 Å². The van der Waals surface area contributed by atoms with Crippen molar-refractivity contribution < 1.29 is 9.18 Å². The number of carbonyl (C=O) groups excluding carboxylic acids is 1. The molecule has 0 radical (unpaired) electrons. The number of hydrogen-bond acceptors (Lipinski definition) is 3. The van der Waals surface area contributed by atoms with Crippen LogP contribution in [0.5, 0.6) is 0 Å². The van der Waals surface area contributed by atoms with Crippen molar-refractivity contribution in [2.45, 2.75) is 44.4 Å². The lowest BCUT2D eigenvalue weighted by Crippen LogP contribution is -2.10. The fourth-order valence-corrected chi connectivity index (χ4v) is 5.98. The minimum absolute atomic E-state index is 0.208. The zero-order valence-electron chi connectivity index (χ0n) is 17.4. The molecule has 2 unspecified atom stereocenters. The van der Waals surface area contributed by atoms with Crippen LogP contribution in [-0.4, -0.2) is 10.8 Å². The van der Waals surface area contributed by atoms with E-state index in [0.29, 0.717) is 47.9 Å². The zero-order chi connectivity index (χ0) is 21.4. The topological polar surface area (TPSA) is 53.8 Å². The molecule has 4 atom stereocenters.